The Kier molecular flexibility index (Phi) is 4.63. The van der Waals surface area contributed by atoms with E-state index in [1.54, 1.807) is 0 Å². The summed E-state index contributed by atoms with van der Waals surface area (Å²) in [5, 5.41) is 0. The zero-order valence-corrected chi connectivity index (χ0v) is 9.86. The molecule has 0 aliphatic carbocycles. The maximum atomic E-state index is 5.89. The highest BCUT2D eigenvalue weighted by molar-refractivity contribution is 5.27. The van der Waals surface area contributed by atoms with Crippen LogP contribution in [0.1, 0.15) is 32.8 Å². The highest BCUT2D eigenvalue weighted by Crippen LogP contribution is 2.14. The zero-order chi connectivity index (χ0) is 11.3. The van der Waals surface area contributed by atoms with Gasteiger partial charge in [0.1, 0.15) is 5.75 Å². The molecule has 2 nitrogen and oxygen atoms in total. The Labute approximate surface area is 92.4 Å². The van der Waals surface area contributed by atoms with E-state index in [1.165, 1.54) is 5.56 Å². The van der Waals surface area contributed by atoms with Crippen LogP contribution in [0, 0.1) is 0 Å². The first-order valence-corrected chi connectivity index (χ1v) is 5.63. The van der Waals surface area contributed by atoms with Crippen molar-refractivity contribution in [2.45, 2.75) is 45.8 Å². The Morgan fingerprint density at radius 2 is 1.80 bits per heavy atom. The number of ether oxygens (including phenoxy) is 1. The van der Waals surface area contributed by atoms with Gasteiger partial charge in [0, 0.05) is 6.04 Å². The van der Waals surface area contributed by atoms with Crippen LogP contribution in [0.3, 0.4) is 0 Å². The Morgan fingerprint density at radius 3 is 2.27 bits per heavy atom. The summed E-state index contributed by atoms with van der Waals surface area (Å²) in [5.74, 6) is 0.929. The van der Waals surface area contributed by atoms with Gasteiger partial charge in [0.25, 0.3) is 0 Å². The van der Waals surface area contributed by atoms with Crippen molar-refractivity contribution in [2.75, 3.05) is 0 Å². The predicted octanol–water partition coefficient (Wildman–Crippen LogP) is 2.75. The van der Waals surface area contributed by atoms with E-state index >= 15 is 0 Å². The molecule has 84 valence electrons. The fraction of sp³-hybridized carbons (Fsp3) is 0.538. The first-order valence-electron chi connectivity index (χ1n) is 5.63. The third-order valence-corrected chi connectivity index (χ3v) is 2.32. The largest absolute Gasteiger partial charge is 0.491 e. The lowest BCUT2D eigenvalue weighted by atomic mass is 10.0. The summed E-state index contributed by atoms with van der Waals surface area (Å²) < 4.78 is 5.57. The SMILES string of the molecule is CCC(N)Cc1ccc(OC(C)C)cc1. The summed E-state index contributed by atoms with van der Waals surface area (Å²) >= 11 is 0. The molecule has 1 atom stereocenters. The second kappa shape index (κ2) is 5.76. The average Bonchev–Trinajstić information content (AvgIpc) is 2.20. The Morgan fingerprint density at radius 1 is 1.20 bits per heavy atom. The first-order chi connectivity index (χ1) is 7.11. The summed E-state index contributed by atoms with van der Waals surface area (Å²) in [5.41, 5.74) is 7.17. The Hall–Kier alpha value is -1.02. The van der Waals surface area contributed by atoms with Crippen molar-refractivity contribution in [1.29, 1.82) is 0 Å². The number of hydrogen-bond donors (Lipinski definition) is 1. The molecule has 0 radical (unpaired) electrons. The van der Waals surface area contributed by atoms with E-state index in [4.69, 9.17) is 10.5 Å². The molecule has 1 aromatic rings. The number of rotatable bonds is 5. The molecule has 0 aliphatic rings. The van der Waals surface area contributed by atoms with Gasteiger partial charge in [0.05, 0.1) is 6.10 Å². The fourth-order valence-corrected chi connectivity index (χ4v) is 1.42. The summed E-state index contributed by atoms with van der Waals surface area (Å²) in [6.45, 7) is 6.17. The van der Waals surface area contributed by atoms with E-state index in [2.05, 4.69) is 19.1 Å². The Balaban J connectivity index is 2.56. The molecular weight excluding hydrogens is 186 g/mol. The molecule has 0 amide bonds. The number of hydrogen-bond acceptors (Lipinski definition) is 2. The normalized spacial score (nSPS) is 12.9. The third-order valence-electron chi connectivity index (χ3n) is 2.32. The van der Waals surface area contributed by atoms with Crippen molar-refractivity contribution in [3.8, 4) is 5.75 Å². The highest BCUT2D eigenvalue weighted by Gasteiger charge is 2.02. The molecule has 0 aromatic heterocycles. The molecule has 2 N–H and O–H groups in total. The monoisotopic (exact) mass is 207 g/mol. The molecule has 0 aliphatic heterocycles. The maximum absolute atomic E-state index is 5.89. The van der Waals surface area contributed by atoms with Crippen molar-refractivity contribution in [3.63, 3.8) is 0 Å². The summed E-state index contributed by atoms with van der Waals surface area (Å²) in [6, 6.07) is 8.47. The molecule has 15 heavy (non-hydrogen) atoms. The van der Waals surface area contributed by atoms with Crippen LogP contribution in [0.2, 0.25) is 0 Å². The lowest BCUT2D eigenvalue weighted by Crippen LogP contribution is -2.21. The summed E-state index contributed by atoms with van der Waals surface area (Å²) in [6.07, 6.45) is 2.19. The molecule has 1 unspecified atom stereocenters. The molecule has 0 bridgehead atoms. The van der Waals surface area contributed by atoms with Crippen LogP contribution in [-0.4, -0.2) is 12.1 Å². The zero-order valence-electron chi connectivity index (χ0n) is 9.86. The van der Waals surface area contributed by atoms with E-state index in [9.17, 15) is 0 Å². The topological polar surface area (TPSA) is 35.2 Å². The first kappa shape index (κ1) is 12.1. The summed E-state index contributed by atoms with van der Waals surface area (Å²) in [7, 11) is 0. The van der Waals surface area contributed by atoms with Gasteiger partial charge in [-0.2, -0.15) is 0 Å². The van der Waals surface area contributed by atoms with Crippen LogP contribution in [-0.2, 0) is 6.42 Å². The van der Waals surface area contributed by atoms with E-state index in [0.717, 1.165) is 18.6 Å². The van der Waals surface area contributed by atoms with Gasteiger partial charge in [0.2, 0.25) is 0 Å². The van der Waals surface area contributed by atoms with Crippen LogP contribution in [0.25, 0.3) is 0 Å². The van der Waals surface area contributed by atoms with Crippen LogP contribution >= 0.6 is 0 Å². The lowest BCUT2D eigenvalue weighted by molar-refractivity contribution is 0.242. The van der Waals surface area contributed by atoms with Crippen molar-refractivity contribution in [2.24, 2.45) is 5.73 Å². The number of nitrogens with two attached hydrogens (primary N) is 1. The van der Waals surface area contributed by atoms with Gasteiger partial charge < -0.3 is 10.5 Å². The van der Waals surface area contributed by atoms with Crippen molar-refractivity contribution in [1.82, 2.24) is 0 Å². The third kappa shape index (κ3) is 4.34. The molecule has 0 saturated heterocycles. The Bertz CT molecular complexity index is 279. The fourth-order valence-electron chi connectivity index (χ4n) is 1.42. The standard InChI is InChI=1S/C13H21NO/c1-4-12(14)9-11-5-7-13(8-6-11)15-10(2)3/h5-8,10,12H,4,9,14H2,1-3H3. The molecule has 0 fully saturated rings. The minimum Gasteiger partial charge on any atom is -0.491 e. The lowest BCUT2D eigenvalue weighted by Gasteiger charge is -2.11. The van der Waals surface area contributed by atoms with Gasteiger partial charge in [-0.3, -0.25) is 0 Å². The molecule has 1 aromatic carbocycles. The van der Waals surface area contributed by atoms with E-state index in [0.29, 0.717) is 0 Å². The second-order valence-electron chi connectivity index (χ2n) is 4.18. The maximum Gasteiger partial charge on any atom is 0.119 e. The minimum atomic E-state index is 0.230. The van der Waals surface area contributed by atoms with Crippen LogP contribution in [0.4, 0.5) is 0 Å². The van der Waals surface area contributed by atoms with Crippen LogP contribution < -0.4 is 10.5 Å². The predicted molar refractivity (Wildman–Crippen MR) is 64.2 cm³/mol. The van der Waals surface area contributed by atoms with E-state index in [-0.39, 0.29) is 12.1 Å². The minimum absolute atomic E-state index is 0.230. The van der Waals surface area contributed by atoms with Gasteiger partial charge in [-0.15, -0.1) is 0 Å². The van der Waals surface area contributed by atoms with Crippen molar-refractivity contribution >= 4 is 0 Å². The van der Waals surface area contributed by atoms with Crippen molar-refractivity contribution < 1.29 is 4.74 Å². The van der Waals surface area contributed by atoms with Crippen LogP contribution in [0.15, 0.2) is 24.3 Å². The van der Waals surface area contributed by atoms with Gasteiger partial charge in [0.15, 0.2) is 0 Å². The average molecular weight is 207 g/mol. The van der Waals surface area contributed by atoms with Gasteiger partial charge in [-0.25, -0.2) is 0 Å². The molecule has 2 heteroatoms. The molecule has 0 heterocycles. The smallest absolute Gasteiger partial charge is 0.119 e. The van der Waals surface area contributed by atoms with Crippen molar-refractivity contribution in [3.05, 3.63) is 29.8 Å². The van der Waals surface area contributed by atoms with Gasteiger partial charge in [-0.05, 0) is 44.4 Å². The van der Waals surface area contributed by atoms with E-state index < -0.39 is 0 Å². The highest BCUT2D eigenvalue weighted by atomic mass is 16.5. The quantitative estimate of drug-likeness (QED) is 0.805. The summed E-state index contributed by atoms with van der Waals surface area (Å²) in [4.78, 5) is 0. The molecular formula is C13H21NO. The molecule has 1 rings (SSSR count). The number of benzene rings is 1. The van der Waals surface area contributed by atoms with Crippen LogP contribution in [0.5, 0.6) is 5.75 Å². The van der Waals surface area contributed by atoms with Gasteiger partial charge >= 0.3 is 0 Å². The van der Waals surface area contributed by atoms with Gasteiger partial charge in [-0.1, -0.05) is 19.1 Å². The molecule has 0 saturated carbocycles. The van der Waals surface area contributed by atoms with E-state index in [1.807, 2.05) is 26.0 Å². The second-order valence-corrected chi connectivity index (χ2v) is 4.18. The molecule has 0 spiro atoms.